The van der Waals surface area contributed by atoms with Crippen LogP contribution in [0.3, 0.4) is 0 Å². The zero-order chi connectivity index (χ0) is 21.8. The molecule has 2 N–H and O–H groups in total. The van der Waals surface area contributed by atoms with E-state index in [0.717, 1.165) is 11.1 Å². The number of amides is 1. The molecule has 1 amide bonds. The number of sulfonamides is 1. The Kier molecular flexibility index (Phi) is 5.79. The Bertz CT molecular complexity index is 1320. The first kappa shape index (κ1) is 20.7. The number of rotatable bonds is 6. The van der Waals surface area contributed by atoms with E-state index in [1.165, 1.54) is 35.6 Å². The first-order valence-corrected chi connectivity index (χ1v) is 11.6. The van der Waals surface area contributed by atoms with Crippen molar-refractivity contribution in [3.63, 3.8) is 0 Å². The molecule has 0 radical (unpaired) electrons. The molecule has 0 aliphatic rings. The number of benzene rings is 3. The van der Waals surface area contributed by atoms with Crippen LogP contribution in [0.25, 0.3) is 10.6 Å². The number of hydrogen-bond donors (Lipinski definition) is 2. The number of carbonyl (C=O) groups excluding carboxylic acids is 1. The van der Waals surface area contributed by atoms with Gasteiger partial charge in [-0.25, -0.2) is 8.42 Å². The molecule has 0 spiro atoms. The first-order chi connectivity index (χ1) is 14.9. The molecule has 31 heavy (non-hydrogen) atoms. The summed E-state index contributed by atoms with van der Waals surface area (Å²) >= 11 is 1.26. The summed E-state index contributed by atoms with van der Waals surface area (Å²) in [4.78, 5) is 12.6. The lowest BCUT2D eigenvalue weighted by molar-refractivity contribution is 0.102. The lowest BCUT2D eigenvalue weighted by Crippen LogP contribution is -2.15. The normalized spacial score (nSPS) is 11.1. The Morgan fingerprint density at radius 1 is 0.871 bits per heavy atom. The first-order valence-electron chi connectivity index (χ1n) is 9.31. The largest absolute Gasteiger partial charge is 0.296 e. The van der Waals surface area contributed by atoms with Gasteiger partial charge in [-0.2, -0.15) is 0 Å². The molecule has 4 aromatic rings. The quantitative estimate of drug-likeness (QED) is 0.448. The highest BCUT2D eigenvalue weighted by Gasteiger charge is 2.17. The summed E-state index contributed by atoms with van der Waals surface area (Å²) in [6.07, 6.45) is 0. The van der Waals surface area contributed by atoms with E-state index in [0.29, 0.717) is 21.4 Å². The third kappa shape index (κ3) is 4.79. The van der Waals surface area contributed by atoms with E-state index in [1.807, 2.05) is 49.4 Å². The van der Waals surface area contributed by atoms with E-state index in [2.05, 4.69) is 20.2 Å². The van der Waals surface area contributed by atoms with E-state index < -0.39 is 15.9 Å². The minimum absolute atomic E-state index is 0.0644. The average Bonchev–Trinajstić information content (AvgIpc) is 3.24. The number of para-hydroxylation sites is 1. The minimum atomic E-state index is -3.77. The van der Waals surface area contributed by atoms with Gasteiger partial charge in [0.25, 0.3) is 15.9 Å². The van der Waals surface area contributed by atoms with Crippen molar-refractivity contribution in [2.24, 2.45) is 0 Å². The standard InChI is InChI=1S/C22H18N4O3S2/c1-15-7-5-6-10-19(15)26-31(28,29)18-13-11-16(12-14-18)20(27)23-22-25-24-21(30-22)17-8-3-2-4-9-17/h2-14,26H,1H3,(H,23,25,27). The van der Waals surface area contributed by atoms with Crippen LogP contribution in [0.4, 0.5) is 10.8 Å². The molecule has 3 aromatic carbocycles. The predicted octanol–water partition coefficient (Wildman–Crippen LogP) is 4.57. The van der Waals surface area contributed by atoms with Crippen LogP contribution < -0.4 is 10.0 Å². The van der Waals surface area contributed by atoms with Gasteiger partial charge in [-0.3, -0.25) is 14.8 Å². The molecule has 7 nitrogen and oxygen atoms in total. The maximum Gasteiger partial charge on any atom is 0.261 e. The second-order valence-corrected chi connectivity index (χ2v) is 9.34. The van der Waals surface area contributed by atoms with Crippen molar-refractivity contribution in [1.82, 2.24) is 10.2 Å². The number of aromatic nitrogens is 2. The maximum atomic E-state index is 12.6. The molecule has 0 atom stereocenters. The van der Waals surface area contributed by atoms with Crippen LogP contribution in [0, 0.1) is 6.92 Å². The zero-order valence-electron chi connectivity index (χ0n) is 16.4. The lowest BCUT2D eigenvalue weighted by atomic mass is 10.2. The number of nitrogens with one attached hydrogen (secondary N) is 2. The fraction of sp³-hybridized carbons (Fsp3) is 0.0455. The molecule has 0 saturated carbocycles. The minimum Gasteiger partial charge on any atom is -0.296 e. The molecule has 0 unspecified atom stereocenters. The highest BCUT2D eigenvalue weighted by atomic mass is 32.2. The Morgan fingerprint density at radius 3 is 2.26 bits per heavy atom. The monoisotopic (exact) mass is 450 g/mol. The molecule has 1 aromatic heterocycles. The molecule has 4 rings (SSSR count). The number of anilines is 2. The van der Waals surface area contributed by atoms with Gasteiger partial charge in [0.2, 0.25) is 5.13 Å². The second-order valence-electron chi connectivity index (χ2n) is 6.68. The summed E-state index contributed by atoms with van der Waals surface area (Å²) in [6, 6.07) is 22.4. The second kappa shape index (κ2) is 8.66. The summed E-state index contributed by atoms with van der Waals surface area (Å²) in [6.45, 7) is 1.82. The Balaban J connectivity index is 1.46. The molecule has 0 aliphatic carbocycles. The van der Waals surface area contributed by atoms with Crippen molar-refractivity contribution in [3.8, 4) is 10.6 Å². The van der Waals surface area contributed by atoms with Crippen molar-refractivity contribution in [1.29, 1.82) is 0 Å². The number of aryl methyl sites for hydroxylation is 1. The van der Waals surface area contributed by atoms with Crippen molar-refractivity contribution in [2.45, 2.75) is 11.8 Å². The van der Waals surface area contributed by atoms with Gasteiger partial charge in [0.1, 0.15) is 5.01 Å². The smallest absolute Gasteiger partial charge is 0.261 e. The zero-order valence-corrected chi connectivity index (χ0v) is 18.1. The summed E-state index contributed by atoms with van der Waals surface area (Å²) in [5.41, 5.74) is 2.55. The summed E-state index contributed by atoms with van der Waals surface area (Å²) in [5.74, 6) is -0.397. The molecule has 156 valence electrons. The molecule has 0 aliphatic heterocycles. The van der Waals surface area contributed by atoms with Gasteiger partial charge in [0.05, 0.1) is 10.6 Å². The third-order valence-electron chi connectivity index (χ3n) is 4.48. The van der Waals surface area contributed by atoms with Crippen LogP contribution in [0.1, 0.15) is 15.9 Å². The van der Waals surface area contributed by atoms with E-state index in [9.17, 15) is 13.2 Å². The lowest BCUT2D eigenvalue weighted by Gasteiger charge is -2.10. The Hall–Kier alpha value is -3.56. The van der Waals surface area contributed by atoms with Crippen LogP contribution in [0.2, 0.25) is 0 Å². The van der Waals surface area contributed by atoms with Crippen molar-refractivity contribution >= 4 is 38.1 Å². The van der Waals surface area contributed by atoms with Gasteiger partial charge in [0.15, 0.2) is 0 Å². The van der Waals surface area contributed by atoms with Gasteiger partial charge >= 0.3 is 0 Å². The summed E-state index contributed by atoms with van der Waals surface area (Å²) < 4.78 is 27.8. The van der Waals surface area contributed by atoms with E-state index in [1.54, 1.807) is 12.1 Å². The summed E-state index contributed by atoms with van der Waals surface area (Å²) in [5, 5.41) is 11.8. The van der Waals surface area contributed by atoms with Crippen LogP contribution in [0.15, 0.2) is 83.8 Å². The van der Waals surface area contributed by atoms with Gasteiger partial charge in [-0.15, -0.1) is 10.2 Å². The predicted molar refractivity (Wildman–Crippen MR) is 122 cm³/mol. The molecule has 1 heterocycles. The molecule has 0 saturated heterocycles. The Labute approximate surface area is 183 Å². The fourth-order valence-corrected chi connectivity index (χ4v) is 4.69. The van der Waals surface area contributed by atoms with Gasteiger partial charge < -0.3 is 0 Å². The van der Waals surface area contributed by atoms with Crippen LogP contribution in [0.5, 0.6) is 0 Å². The van der Waals surface area contributed by atoms with Crippen molar-refractivity contribution in [2.75, 3.05) is 10.0 Å². The van der Waals surface area contributed by atoms with E-state index in [4.69, 9.17) is 0 Å². The fourth-order valence-electron chi connectivity index (χ4n) is 2.82. The molecule has 9 heteroatoms. The molecular weight excluding hydrogens is 432 g/mol. The van der Waals surface area contributed by atoms with E-state index >= 15 is 0 Å². The molecular formula is C22H18N4O3S2. The van der Waals surface area contributed by atoms with Gasteiger partial charge in [-0.1, -0.05) is 59.9 Å². The topological polar surface area (TPSA) is 101 Å². The van der Waals surface area contributed by atoms with Gasteiger partial charge in [0, 0.05) is 11.1 Å². The maximum absolute atomic E-state index is 12.6. The average molecular weight is 451 g/mol. The van der Waals surface area contributed by atoms with Crippen LogP contribution in [-0.4, -0.2) is 24.5 Å². The summed E-state index contributed by atoms with van der Waals surface area (Å²) in [7, 11) is -3.77. The number of hydrogen-bond acceptors (Lipinski definition) is 6. The molecule has 0 bridgehead atoms. The number of carbonyl (C=O) groups is 1. The van der Waals surface area contributed by atoms with Gasteiger partial charge in [-0.05, 0) is 42.8 Å². The highest BCUT2D eigenvalue weighted by molar-refractivity contribution is 7.92. The van der Waals surface area contributed by atoms with Crippen LogP contribution >= 0.6 is 11.3 Å². The SMILES string of the molecule is Cc1ccccc1NS(=O)(=O)c1ccc(C(=O)Nc2nnc(-c3ccccc3)s2)cc1. The van der Waals surface area contributed by atoms with Crippen LogP contribution in [-0.2, 0) is 10.0 Å². The number of nitrogens with zero attached hydrogens (tertiary/aromatic N) is 2. The van der Waals surface area contributed by atoms with Crippen molar-refractivity contribution < 1.29 is 13.2 Å². The third-order valence-corrected chi connectivity index (χ3v) is 6.75. The Morgan fingerprint density at radius 2 is 1.55 bits per heavy atom. The van der Waals surface area contributed by atoms with E-state index in [-0.39, 0.29) is 4.90 Å². The highest BCUT2D eigenvalue weighted by Crippen LogP contribution is 2.26. The van der Waals surface area contributed by atoms with Crippen molar-refractivity contribution in [3.05, 3.63) is 90.0 Å². The molecule has 0 fully saturated rings.